The van der Waals surface area contributed by atoms with Crippen LogP contribution in [0.25, 0.3) is 0 Å². The van der Waals surface area contributed by atoms with Crippen molar-refractivity contribution in [3.8, 4) is 5.75 Å². The number of benzene rings is 1. The van der Waals surface area contributed by atoms with E-state index in [1.54, 1.807) is 19.8 Å². The molecule has 25 heavy (non-hydrogen) atoms. The number of rotatable bonds is 9. The van der Waals surface area contributed by atoms with Crippen LogP contribution >= 0.6 is 0 Å². The fourth-order valence-corrected chi connectivity index (χ4v) is 2.56. The first-order valence-corrected chi connectivity index (χ1v) is 8.68. The summed E-state index contributed by atoms with van der Waals surface area (Å²) in [6.45, 7) is 5.39. The van der Waals surface area contributed by atoms with Crippen LogP contribution < -0.4 is 10.1 Å². The van der Waals surface area contributed by atoms with Crippen LogP contribution in [0.1, 0.15) is 25.3 Å². The number of para-hydroxylation sites is 1. The summed E-state index contributed by atoms with van der Waals surface area (Å²) in [5.41, 5.74) is 1.14. The van der Waals surface area contributed by atoms with Gasteiger partial charge in [0.2, 0.25) is 0 Å². The van der Waals surface area contributed by atoms with E-state index >= 15 is 0 Å². The van der Waals surface area contributed by atoms with E-state index in [4.69, 9.17) is 9.73 Å². The Balaban J connectivity index is 1.86. The van der Waals surface area contributed by atoms with E-state index in [0.29, 0.717) is 0 Å². The first-order valence-electron chi connectivity index (χ1n) is 8.68. The topological polar surface area (TPSA) is 67.6 Å². The highest BCUT2D eigenvalue weighted by Crippen LogP contribution is 2.18. The molecule has 0 unspecified atom stereocenters. The van der Waals surface area contributed by atoms with Crippen LogP contribution in [0.3, 0.4) is 0 Å². The van der Waals surface area contributed by atoms with Crippen LogP contribution in [-0.2, 0) is 13.1 Å². The summed E-state index contributed by atoms with van der Waals surface area (Å²) in [6.07, 6.45) is 5.56. The van der Waals surface area contributed by atoms with Crippen molar-refractivity contribution in [2.45, 2.75) is 32.9 Å². The molecular formula is C18H28N6O. The van der Waals surface area contributed by atoms with Crippen molar-refractivity contribution >= 4 is 5.96 Å². The van der Waals surface area contributed by atoms with Crippen LogP contribution in [0, 0.1) is 0 Å². The summed E-state index contributed by atoms with van der Waals surface area (Å²) in [7, 11) is 3.75. The van der Waals surface area contributed by atoms with Gasteiger partial charge in [-0.3, -0.25) is 4.99 Å². The zero-order valence-electron chi connectivity index (χ0n) is 15.4. The molecule has 7 heteroatoms. The number of aryl methyl sites for hydroxylation is 1. The van der Waals surface area contributed by atoms with Crippen LogP contribution in [-0.4, -0.2) is 52.9 Å². The van der Waals surface area contributed by atoms with Crippen LogP contribution in [0.15, 0.2) is 41.9 Å². The molecule has 7 nitrogen and oxygen atoms in total. The molecule has 1 aromatic heterocycles. The van der Waals surface area contributed by atoms with Crippen molar-refractivity contribution < 1.29 is 4.74 Å². The minimum Gasteiger partial charge on any atom is -0.496 e. The third kappa shape index (κ3) is 6.10. The number of aliphatic imine (C=N–C) groups is 1. The molecule has 0 atom stereocenters. The number of aromatic nitrogens is 3. The number of nitrogens with zero attached hydrogens (tertiary/aromatic N) is 5. The van der Waals surface area contributed by atoms with Gasteiger partial charge < -0.3 is 19.5 Å². The number of hydrogen-bond donors (Lipinski definition) is 1. The fourth-order valence-electron chi connectivity index (χ4n) is 2.56. The lowest BCUT2D eigenvalue weighted by Crippen LogP contribution is -2.38. The minimum atomic E-state index is 0.747. The molecule has 0 radical (unpaired) electrons. The van der Waals surface area contributed by atoms with Gasteiger partial charge in [-0.1, -0.05) is 18.2 Å². The molecule has 2 rings (SSSR count). The highest BCUT2D eigenvalue weighted by atomic mass is 16.5. The Labute approximate surface area is 149 Å². The molecule has 0 amide bonds. The number of nitrogens with one attached hydrogen (secondary N) is 1. The molecule has 136 valence electrons. The van der Waals surface area contributed by atoms with E-state index in [1.807, 2.05) is 29.8 Å². The standard InChI is InChI=1S/C18H28N6O/c1-4-19-18(20-11-7-8-12-24-14-21-22-15-24)23(2)13-16-9-5-6-10-17(16)25-3/h5-6,9-10,14-15H,4,7-8,11-13H2,1-3H3,(H,19,20). The molecule has 0 aliphatic rings. The van der Waals surface area contributed by atoms with E-state index in [2.05, 4.69) is 33.4 Å². The van der Waals surface area contributed by atoms with Gasteiger partial charge in [-0.05, 0) is 25.8 Å². The molecule has 1 aromatic carbocycles. The summed E-state index contributed by atoms with van der Waals surface area (Å²) < 4.78 is 7.42. The lowest BCUT2D eigenvalue weighted by atomic mass is 10.2. The summed E-state index contributed by atoms with van der Waals surface area (Å²) in [4.78, 5) is 6.86. The zero-order valence-corrected chi connectivity index (χ0v) is 15.4. The van der Waals surface area contributed by atoms with E-state index < -0.39 is 0 Å². The molecule has 1 heterocycles. The maximum atomic E-state index is 5.43. The van der Waals surface area contributed by atoms with Gasteiger partial charge in [0.15, 0.2) is 5.96 Å². The Morgan fingerprint density at radius 2 is 2.00 bits per heavy atom. The fraction of sp³-hybridized carbons (Fsp3) is 0.500. The highest BCUT2D eigenvalue weighted by Gasteiger charge is 2.09. The van der Waals surface area contributed by atoms with Crippen LogP contribution in [0.4, 0.5) is 0 Å². The molecule has 1 N–H and O–H groups in total. The first kappa shape index (κ1) is 18.8. The molecule has 2 aromatic rings. The van der Waals surface area contributed by atoms with E-state index in [9.17, 15) is 0 Å². The van der Waals surface area contributed by atoms with Gasteiger partial charge >= 0.3 is 0 Å². The number of guanidine groups is 1. The second-order valence-electron chi connectivity index (χ2n) is 5.81. The summed E-state index contributed by atoms with van der Waals surface area (Å²) in [6, 6.07) is 8.08. The second kappa shape index (κ2) is 10.3. The van der Waals surface area contributed by atoms with Gasteiger partial charge in [0, 0.05) is 38.8 Å². The minimum absolute atomic E-state index is 0.747. The lowest BCUT2D eigenvalue weighted by molar-refractivity contribution is 0.396. The average molecular weight is 344 g/mol. The molecule has 0 saturated carbocycles. The van der Waals surface area contributed by atoms with Crippen molar-refractivity contribution in [3.05, 3.63) is 42.5 Å². The predicted octanol–water partition coefficient (Wildman–Crippen LogP) is 2.16. The molecular weight excluding hydrogens is 316 g/mol. The Morgan fingerprint density at radius 3 is 2.72 bits per heavy atom. The molecule has 0 spiro atoms. The number of methoxy groups -OCH3 is 1. The third-order valence-electron chi connectivity index (χ3n) is 3.85. The van der Waals surface area contributed by atoms with Crippen molar-refractivity contribution in [2.75, 3.05) is 27.2 Å². The molecule has 0 aliphatic heterocycles. The van der Waals surface area contributed by atoms with Gasteiger partial charge in [-0.15, -0.1) is 10.2 Å². The lowest BCUT2D eigenvalue weighted by Gasteiger charge is -2.23. The van der Waals surface area contributed by atoms with Gasteiger partial charge in [0.25, 0.3) is 0 Å². The number of unbranched alkanes of at least 4 members (excludes halogenated alkanes) is 1. The third-order valence-corrected chi connectivity index (χ3v) is 3.85. The smallest absolute Gasteiger partial charge is 0.193 e. The van der Waals surface area contributed by atoms with Crippen LogP contribution in [0.2, 0.25) is 0 Å². The normalized spacial score (nSPS) is 11.4. The van der Waals surface area contributed by atoms with Crippen molar-refractivity contribution in [1.29, 1.82) is 0 Å². The molecule has 0 aliphatic carbocycles. The quantitative estimate of drug-likeness (QED) is 0.429. The van der Waals surface area contributed by atoms with Crippen molar-refractivity contribution in [2.24, 2.45) is 4.99 Å². The Morgan fingerprint density at radius 1 is 1.24 bits per heavy atom. The maximum absolute atomic E-state index is 5.43. The van der Waals surface area contributed by atoms with Crippen LogP contribution in [0.5, 0.6) is 5.75 Å². The summed E-state index contributed by atoms with van der Waals surface area (Å²) >= 11 is 0. The SMILES string of the molecule is CCNC(=NCCCCn1cnnc1)N(C)Cc1ccccc1OC. The van der Waals surface area contributed by atoms with Gasteiger partial charge in [0.1, 0.15) is 18.4 Å². The molecule has 0 fully saturated rings. The number of hydrogen-bond acceptors (Lipinski definition) is 4. The maximum Gasteiger partial charge on any atom is 0.193 e. The van der Waals surface area contributed by atoms with E-state index in [1.165, 1.54) is 0 Å². The van der Waals surface area contributed by atoms with E-state index in [-0.39, 0.29) is 0 Å². The summed E-state index contributed by atoms with van der Waals surface area (Å²) in [5, 5.41) is 11.0. The Bertz CT molecular complexity index is 641. The summed E-state index contributed by atoms with van der Waals surface area (Å²) in [5.74, 6) is 1.82. The number of ether oxygens (including phenoxy) is 1. The molecule has 0 saturated heterocycles. The van der Waals surface area contributed by atoms with E-state index in [0.717, 1.165) is 56.3 Å². The van der Waals surface area contributed by atoms with Crippen molar-refractivity contribution in [3.63, 3.8) is 0 Å². The first-order chi connectivity index (χ1) is 12.2. The second-order valence-corrected chi connectivity index (χ2v) is 5.81. The Hall–Kier alpha value is -2.57. The van der Waals surface area contributed by atoms with Gasteiger partial charge in [0.05, 0.1) is 7.11 Å². The molecule has 0 bridgehead atoms. The monoisotopic (exact) mass is 344 g/mol. The highest BCUT2D eigenvalue weighted by molar-refractivity contribution is 5.79. The zero-order chi connectivity index (χ0) is 17.9. The average Bonchev–Trinajstić information content (AvgIpc) is 3.14. The Kier molecular flexibility index (Phi) is 7.75. The van der Waals surface area contributed by atoms with Gasteiger partial charge in [-0.2, -0.15) is 0 Å². The largest absolute Gasteiger partial charge is 0.496 e. The van der Waals surface area contributed by atoms with Crippen molar-refractivity contribution in [1.82, 2.24) is 25.0 Å². The predicted molar refractivity (Wildman–Crippen MR) is 99.7 cm³/mol. The van der Waals surface area contributed by atoms with Gasteiger partial charge in [-0.25, -0.2) is 0 Å².